The molecular formula is C14H17N5O4. The fourth-order valence-electron chi connectivity index (χ4n) is 1.81. The van der Waals surface area contributed by atoms with Crippen LogP contribution >= 0.6 is 0 Å². The Bertz CT molecular complexity index is 667. The van der Waals surface area contributed by atoms with E-state index in [0.717, 1.165) is 0 Å². The Morgan fingerprint density at radius 3 is 2.74 bits per heavy atom. The predicted molar refractivity (Wildman–Crippen MR) is 83.4 cm³/mol. The van der Waals surface area contributed by atoms with Crippen LogP contribution < -0.4 is 20.2 Å². The summed E-state index contributed by atoms with van der Waals surface area (Å²) < 4.78 is 5.20. The molecule has 23 heavy (non-hydrogen) atoms. The van der Waals surface area contributed by atoms with Gasteiger partial charge in [0, 0.05) is 31.6 Å². The van der Waals surface area contributed by atoms with Crippen LogP contribution in [0.5, 0.6) is 5.75 Å². The van der Waals surface area contributed by atoms with Crippen molar-refractivity contribution in [3.8, 4) is 5.75 Å². The smallest absolute Gasteiger partial charge is 0.327 e. The Morgan fingerprint density at radius 2 is 2.13 bits per heavy atom. The number of nitrogens with zero attached hydrogens (tertiary/aromatic N) is 3. The van der Waals surface area contributed by atoms with Crippen molar-refractivity contribution in [2.45, 2.75) is 0 Å². The second-order valence-corrected chi connectivity index (χ2v) is 4.46. The van der Waals surface area contributed by atoms with Gasteiger partial charge in [0.15, 0.2) is 11.5 Å². The van der Waals surface area contributed by atoms with E-state index in [2.05, 4.69) is 20.1 Å². The van der Waals surface area contributed by atoms with Crippen molar-refractivity contribution in [2.24, 2.45) is 0 Å². The standard InChI is InChI=1S/C14H17N5O4/c1-18(13-9-15-6-7-16-13)14(20)17-11-5-4-10(19(21)23-3)8-12(11)22-2/h4-9,19H,1-3H3,(H,17,20). The fraction of sp³-hybridized carbons (Fsp3) is 0.214. The van der Waals surface area contributed by atoms with Crippen LogP contribution in [0.15, 0.2) is 36.8 Å². The molecule has 0 aliphatic rings. The lowest BCUT2D eigenvalue weighted by Gasteiger charge is -2.20. The quantitative estimate of drug-likeness (QED) is 0.787. The molecule has 2 N–H and O–H groups in total. The minimum absolute atomic E-state index is 0.324. The molecule has 0 spiro atoms. The highest BCUT2D eigenvalue weighted by Gasteiger charge is 2.16. The lowest BCUT2D eigenvalue weighted by atomic mass is 10.2. The number of benzene rings is 1. The maximum absolute atomic E-state index is 12.3. The summed E-state index contributed by atoms with van der Waals surface area (Å²) in [5, 5.41) is 13.7. The summed E-state index contributed by atoms with van der Waals surface area (Å²) in [6.07, 6.45) is 4.48. The Balaban J connectivity index is 2.17. The number of carbonyl (C=O) groups is 1. The molecule has 2 amide bonds. The molecule has 0 fully saturated rings. The molecule has 1 atom stereocenters. The number of carbonyl (C=O) groups excluding carboxylic acids is 1. The summed E-state index contributed by atoms with van der Waals surface area (Å²) in [5.41, 5.74) is 0.741. The van der Waals surface area contributed by atoms with Gasteiger partial charge in [0.05, 0.1) is 26.1 Å². The van der Waals surface area contributed by atoms with E-state index in [1.165, 1.54) is 49.8 Å². The van der Waals surface area contributed by atoms with Crippen molar-refractivity contribution < 1.29 is 19.6 Å². The Morgan fingerprint density at radius 1 is 1.35 bits per heavy atom. The van der Waals surface area contributed by atoms with E-state index in [4.69, 9.17) is 4.74 Å². The average Bonchev–Trinajstić information content (AvgIpc) is 2.61. The SMILES string of the molecule is COc1cc([NH+]([O-])OC)ccc1NC(=O)N(C)c1cnccn1. The van der Waals surface area contributed by atoms with Crippen molar-refractivity contribution in [1.82, 2.24) is 9.97 Å². The zero-order valence-corrected chi connectivity index (χ0v) is 12.9. The summed E-state index contributed by atoms with van der Waals surface area (Å²) in [6, 6.07) is 4.17. The number of ether oxygens (including phenoxy) is 1. The first-order valence-electron chi connectivity index (χ1n) is 6.64. The molecule has 122 valence electrons. The number of aromatic nitrogens is 2. The van der Waals surface area contributed by atoms with Gasteiger partial charge in [-0.15, -0.1) is 0 Å². The van der Waals surface area contributed by atoms with E-state index in [0.29, 0.717) is 22.9 Å². The van der Waals surface area contributed by atoms with Crippen molar-refractivity contribution in [3.63, 3.8) is 0 Å². The Hall–Kier alpha value is -2.75. The van der Waals surface area contributed by atoms with Gasteiger partial charge < -0.3 is 15.3 Å². The summed E-state index contributed by atoms with van der Waals surface area (Å²) in [6.45, 7) is 0. The van der Waals surface area contributed by atoms with E-state index in [9.17, 15) is 10.0 Å². The molecule has 2 aromatic rings. The highest BCUT2D eigenvalue weighted by molar-refractivity contribution is 6.01. The number of nitrogens with one attached hydrogen (secondary N) is 2. The number of urea groups is 1. The molecule has 0 aliphatic carbocycles. The van der Waals surface area contributed by atoms with Crippen LogP contribution in [0.4, 0.5) is 22.0 Å². The molecule has 1 aromatic heterocycles. The third-order valence-corrected chi connectivity index (χ3v) is 3.06. The summed E-state index contributed by atoms with van der Waals surface area (Å²) in [5.74, 6) is 0.740. The number of methoxy groups -OCH3 is 1. The molecule has 9 nitrogen and oxygen atoms in total. The summed E-state index contributed by atoms with van der Waals surface area (Å²) in [4.78, 5) is 26.2. The maximum atomic E-state index is 12.3. The molecule has 0 saturated carbocycles. The molecule has 9 heteroatoms. The van der Waals surface area contributed by atoms with Crippen LogP contribution in [0, 0.1) is 5.21 Å². The van der Waals surface area contributed by atoms with Crippen molar-refractivity contribution in [1.29, 1.82) is 0 Å². The first-order valence-corrected chi connectivity index (χ1v) is 6.64. The molecule has 1 aromatic carbocycles. The van der Waals surface area contributed by atoms with Gasteiger partial charge in [-0.3, -0.25) is 9.88 Å². The van der Waals surface area contributed by atoms with Crippen LogP contribution in [0.3, 0.4) is 0 Å². The molecule has 0 radical (unpaired) electrons. The van der Waals surface area contributed by atoms with Crippen LogP contribution in [0.1, 0.15) is 0 Å². The van der Waals surface area contributed by atoms with Gasteiger partial charge in [0.2, 0.25) is 0 Å². The number of anilines is 2. The highest BCUT2D eigenvalue weighted by Crippen LogP contribution is 2.27. The van der Waals surface area contributed by atoms with Gasteiger partial charge in [-0.25, -0.2) is 14.6 Å². The van der Waals surface area contributed by atoms with Gasteiger partial charge in [-0.1, -0.05) is 0 Å². The molecule has 1 heterocycles. The highest BCUT2D eigenvalue weighted by atomic mass is 16.9. The molecule has 2 rings (SSSR count). The van der Waals surface area contributed by atoms with Gasteiger partial charge in [0.25, 0.3) is 0 Å². The minimum Gasteiger partial charge on any atom is -0.595 e. The predicted octanol–water partition coefficient (Wildman–Crippen LogP) is 0.729. The largest absolute Gasteiger partial charge is 0.595 e. The van der Waals surface area contributed by atoms with Gasteiger partial charge in [0.1, 0.15) is 5.75 Å². The van der Waals surface area contributed by atoms with Gasteiger partial charge in [-0.05, 0) is 6.07 Å². The van der Waals surface area contributed by atoms with E-state index in [1.807, 2.05) is 0 Å². The van der Waals surface area contributed by atoms with Gasteiger partial charge in [-0.2, -0.15) is 5.23 Å². The minimum atomic E-state index is -0.488. The van der Waals surface area contributed by atoms with Crippen LogP contribution in [-0.2, 0) is 4.84 Å². The Labute approximate surface area is 133 Å². The van der Waals surface area contributed by atoms with Crippen molar-refractivity contribution in [3.05, 3.63) is 42.0 Å². The zero-order chi connectivity index (χ0) is 16.8. The summed E-state index contributed by atoms with van der Waals surface area (Å²) in [7, 11) is 4.30. The number of hydrogen-bond donors (Lipinski definition) is 2. The topological polar surface area (TPSA) is 104 Å². The lowest BCUT2D eigenvalue weighted by Crippen LogP contribution is -3.00. The second-order valence-electron chi connectivity index (χ2n) is 4.46. The molecule has 0 aliphatic heterocycles. The van der Waals surface area contributed by atoms with Crippen LogP contribution in [0.2, 0.25) is 0 Å². The maximum Gasteiger partial charge on any atom is 0.327 e. The monoisotopic (exact) mass is 319 g/mol. The molecule has 1 unspecified atom stereocenters. The fourth-order valence-corrected chi connectivity index (χ4v) is 1.81. The van der Waals surface area contributed by atoms with E-state index in [-0.39, 0.29) is 0 Å². The first-order chi connectivity index (χ1) is 11.1. The zero-order valence-electron chi connectivity index (χ0n) is 12.9. The number of quaternary nitrogens is 1. The van der Waals surface area contributed by atoms with E-state index >= 15 is 0 Å². The van der Waals surface area contributed by atoms with Gasteiger partial charge >= 0.3 is 6.03 Å². The lowest BCUT2D eigenvalue weighted by molar-refractivity contribution is -0.992. The second kappa shape index (κ2) is 7.49. The molecule has 0 bridgehead atoms. The first kappa shape index (κ1) is 16.6. The van der Waals surface area contributed by atoms with Crippen molar-refractivity contribution in [2.75, 3.05) is 31.5 Å². The van der Waals surface area contributed by atoms with Crippen LogP contribution in [0.25, 0.3) is 0 Å². The normalized spacial score (nSPS) is 11.7. The number of amides is 2. The Kier molecular flexibility index (Phi) is 5.41. The molecular weight excluding hydrogens is 302 g/mol. The third-order valence-electron chi connectivity index (χ3n) is 3.06. The van der Waals surface area contributed by atoms with E-state index < -0.39 is 11.3 Å². The average molecular weight is 319 g/mol. The third kappa shape index (κ3) is 3.92. The number of hydrogen-bond acceptors (Lipinski definition) is 6. The van der Waals surface area contributed by atoms with E-state index in [1.54, 1.807) is 13.1 Å². The van der Waals surface area contributed by atoms with Crippen LogP contribution in [-0.4, -0.2) is 37.3 Å². The summed E-state index contributed by atoms with van der Waals surface area (Å²) >= 11 is 0. The number of rotatable bonds is 5. The molecule has 0 saturated heterocycles. The van der Waals surface area contributed by atoms with Crippen molar-refractivity contribution >= 4 is 23.2 Å².